The molecule has 0 aliphatic carbocycles. The molecule has 0 atom stereocenters. The van der Waals surface area contributed by atoms with Crippen LogP contribution in [0.25, 0.3) is 0 Å². The highest BCUT2D eigenvalue weighted by Crippen LogP contribution is 2.23. The van der Waals surface area contributed by atoms with E-state index >= 15 is 0 Å². The van der Waals surface area contributed by atoms with Crippen LogP contribution >= 0.6 is 0 Å². The predicted molar refractivity (Wildman–Crippen MR) is 43.8 cm³/mol. The van der Waals surface area contributed by atoms with Crippen LogP contribution in [-0.2, 0) is 6.54 Å². The van der Waals surface area contributed by atoms with Crippen molar-refractivity contribution in [1.82, 2.24) is 5.43 Å². The summed E-state index contributed by atoms with van der Waals surface area (Å²) < 4.78 is 0. The molecule has 12 heavy (non-hydrogen) atoms. The summed E-state index contributed by atoms with van der Waals surface area (Å²) in [5, 5.41) is 9.86. The molecule has 0 spiro atoms. The third-order valence-corrected chi connectivity index (χ3v) is 1.85. The first-order valence-corrected chi connectivity index (χ1v) is 3.63. The summed E-state index contributed by atoms with van der Waals surface area (Å²) in [5.74, 6) is 0. The zero-order chi connectivity index (χ0) is 8.55. The Morgan fingerprint density at radius 2 is 2.25 bits per heavy atom. The molecule has 0 radical (unpaired) electrons. The van der Waals surface area contributed by atoms with Crippen molar-refractivity contribution in [3.8, 4) is 0 Å². The molecular weight excluding hydrogens is 156 g/mol. The Labute approximate surface area is 69.4 Å². The quantitative estimate of drug-likeness (QED) is 0.605. The smallest absolute Gasteiger partial charge is 0.426 e. The summed E-state index contributed by atoms with van der Waals surface area (Å²) in [7, 11) is 0. The van der Waals surface area contributed by atoms with Gasteiger partial charge < -0.3 is 5.11 Å². The number of nitrogens with one attached hydrogen (secondary N) is 1. The lowest BCUT2D eigenvalue weighted by atomic mass is 10.2. The number of anilines is 1. The minimum atomic E-state index is -0.972. The minimum Gasteiger partial charge on any atom is -0.464 e. The third kappa shape index (κ3) is 0.931. The maximum absolute atomic E-state index is 10.6. The van der Waals surface area contributed by atoms with E-state index in [-0.39, 0.29) is 0 Å². The number of carbonyl (C=O) groups is 1. The predicted octanol–water partition coefficient (Wildman–Crippen LogP) is 1.19. The van der Waals surface area contributed by atoms with Crippen LogP contribution in [0.3, 0.4) is 0 Å². The Morgan fingerprint density at radius 1 is 1.50 bits per heavy atom. The Balaban J connectivity index is 2.42. The molecule has 1 aliphatic rings. The summed E-state index contributed by atoms with van der Waals surface area (Å²) in [4.78, 5) is 10.6. The van der Waals surface area contributed by atoms with E-state index in [0.717, 1.165) is 16.3 Å². The Hall–Kier alpha value is -1.55. The van der Waals surface area contributed by atoms with E-state index in [9.17, 15) is 4.79 Å². The van der Waals surface area contributed by atoms with Gasteiger partial charge in [0.2, 0.25) is 0 Å². The van der Waals surface area contributed by atoms with Gasteiger partial charge in [-0.3, -0.25) is 0 Å². The number of benzene rings is 1. The monoisotopic (exact) mass is 164 g/mol. The van der Waals surface area contributed by atoms with Gasteiger partial charge in [-0.25, -0.2) is 15.2 Å². The Bertz CT molecular complexity index is 325. The van der Waals surface area contributed by atoms with Gasteiger partial charge in [0.1, 0.15) is 0 Å². The van der Waals surface area contributed by atoms with E-state index in [4.69, 9.17) is 5.11 Å². The number of nitrogens with zero attached hydrogens (tertiary/aromatic N) is 1. The van der Waals surface area contributed by atoms with Gasteiger partial charge in [-0.05, 0) is 11.6 Å². The molecule has 0 bridgehead atoms. The van der Waals surface area contributed by atoms with E-state index in [1.54, 1.807) is 6.07 Å². The first kappa shape index (κ1) is 7.12. The van der Waals surface area contributed by atoms with Gasteiger partial charge in [0, 0.05) is 6.54 Å². The molecule has 1 aliphatic heterocycles. The molecule has 0 unspecified atom stereocenters. The van der Waals surface area contributed by atoms with Crippen LogP contribution in [0.4, 0.5) is 10.5 Å². The van der Waals surface area contributed by atoms with Gasteiger partial charge >= 0.3 is 6.09 Å². The first-order chi connectivity index (χ1) is 5.79. The molecule has 0 aromatic heterocycles. The van der Waals surface area contributed by atoms with Crippen LogP contribution < -0.4 is 10.4 Å². The molecule has 1 heterocycles. The highest BCUT2D eigenvalue weighted by atomic mass is 16.4. The van der Waals surface area contributed by atoms with Crippen molar-refractivity contribution in [2.45, 2.75) is 6.54 Å². The molecule has 4 nitrogen and oxygen atoms in total. The van der Waals surface area contributed by atoms with Gasteiger partial charge in [-0.1, -0.05) is 18.2 Å². The van der Waals surface area contributed by atoms with Crippen LogP contribution in [-0.4, -0.2) is 11.2 Å². The second-order valence-corrected chi connectivity index (χ2v) is 2.58. The summed E-state index contributed by atoms with van der Waals surface area (Å²) >= 11 is 0. The zero-order valence-electron chi connectivity index (χ0n) is 6.32. The SMILES string of the molecule is O=C(O)N1NCc2ccccc21. The van der Waals surface area contributed by atoms with E-state index < -0.39 is 6.09 Å². The second kappa shape index (κ2) is 2.49. The van der Waals surface area contributed by atoms with Gasteiger partial charge in [-0.15, -0.1) is 0 Å². The number of hydrogen-bond acceptors (Lipinski definition) is 2. The molecular formula is C8H8N2O2. The fraction of sp³-hybridized carbons (Fsp3) is 0.125. The molecule has 1 aromatic carbocycles. The average molecular weight is 164 g/mol. The molecule has 1 aromatic rings. The third-order valence-electron chi connectivity index (χ3n) is 1.85. The van der Waals surface area contributed by atoms with Gasteiger partial charge in [-0.2, -0.15) is 0 Å². The molecule has 2 rings (SSSR count). The summed E-state index contributed by atoms with van der Waals surface area (Å²) in [6, 6.07) is 7.41. The van der Waals surface area contributed by atoms with Crippen molar-refractivity contribution in [2.75, 3.05) is 5.01 Å². The van der Waals surface area contributed by atoms with Crippen molar-refractivity contribution in [2.24, 2.45) is 0 Å². The first-order valence-electron chi connectivity index (χ1n) is 3.63. The second-order valence-electron chi connectivity index (χ2n) is 2.58. The molecule has 0 saturated heterocycles. The van der Waals surface area contributed by atoms with Gasteiger partial charge in [0.15, 0.2) is 0 Å². The summed E-state index contributed by atoms with van der Waals surface area (Å²) in [6.07, 6.45) is -0.972. The zero-order valence-corrected chi connectivity index (χ0v) is 6.32. The lowest BCUT2D eigenvalue weighted by molar-refractivity contribution is 0.199. The number of rotatable bonds is 0. The fourth-order valence-corrected chi connectivity index (χ4v) is 1.30. The van der Waals surface area contributed by atoms with Crippen LogP contribution in [0.2, 0.25) is 0 Å². The number of hydrogen-bond donors (Lipinski definition) is 2. The standard InChI is InChI=1S/C8H8N2O2/c11-8(12)10-7-4-2-1-3-6(7)5-9-10/h1-4,9H,5H2,(H,11,12). The van der Waals surface area contributed by atoms with E-state index in [1.165, 1.54) is 0 Å². The van der Waals surface area contributed by atoms with Crippen molar-refractivity contribution >= 4 is 11.8 Å². The number of hydrazine groups is 1. The molecule has 0 saturated carbocycles. The number of fused-ring (bicyclic) bond motifs is 1. The van der Waals surface area contributed by atoms with Gasteiger partial charge in [0.05, 0.1) is 5.69 Å². The largest absolute Gasteiger partial charge is 0.464 e. The van der Waals surface area contributed by atoms with E-state index in [2.05, 4.69) is 5.43 Å². The lowest BCUT2D eigenvalue weighted by Gasteiger charge is -2.11. The summed E-state index contributed by atoms with van der Waals surface area (Å²) in [5.41, 5.74) is 4.50. The van der Waals surface area contributed by atoms with Crippen molar-refractivity contribution in [3.63, 3.8) is 0 Å². The maximum atomic E-state index is 10.6. The molecule has 1 amide bonds. The molecule has 4 heteroatoms. The molecule has 62 valence electrons. The highest BCUT2D eigenvalue weighted by Gasteiger charge is 2.22. The van der Waals surface area contributed by atoms with Crippen molar-refractivity contribution < 1.29 is 9.90 Å². The lowest BCUT2D eigenvalue weighted by Crippen LogP contribution is -2.36. The van der Waals surface area contributed by atoms with Crippen LogP contribution in [0.5, 0.6) is 0 Å². The average Bonchev–Trinajstić information content (AvgIpc) is 2.47. The van der Waals surface area contributed by atoms with Gasteiger partial charge in [0.25, 0.3) is 0 Å². The van der Waals surface area contributed by atoms with Crippen LogP contribution in [0.15, 0.2) is 24.3 Å². The molecule has 2 N–H and O–H groups in total. The van der Waals surface area contributed by atoms with Crippen molar-refractivity contribution in [1.29, 1.82) is 0 Å². The topological polar surface area (TPSA) is 52.6 Å². The Morgan fingerprint density at radius 3 is 3.00 bits per heavy atom. The van der Waals surface area contributed by atoms with Crippen molar-refractivity contribution in [3.05, 3.63) is 29.8 Å². The molecule has 0 fully saturated rings. The fourth-order valence-electron chi connectivity index (χ4n) is 1.30. The minimum absolute atomic E-state index is 0.586. The highest BCUT2D eigenvalue weighted by molar-refractivity contribution is 5.87. The number of para-hydroxylation sites is 1. The Kier molecular flexibility index (Phi) is 1.48. The number of carboxylic acid groups (broad SMARTS) is 1. The normalized spacial score (nSPS) is 14.5. The van der Waals surface area contributed by atoms with E-state index in [1.807, 2.05) is 18.2 Å². The van der Waals surface area contributed by atoms with Crippen LogP contribution in [0, 0.1) is 0 Å². The number of amides is 1. The van der Waals surface area contributed by atoms with Crippen LogP contribution in [0.1, 0.15) is 5.56 Å². The maximum Gasteiger partial charge on any atom is 0.426 e. The summed E-state index contributed by atoms with van der Waals surface area (Å²) in [6.45, 7) is 0.586. The van der Waals surface area contributed by atoms with E-state index in [0.29, 0.717) is 6.54 Å².